The summed E-state index contributed by atoms with van der Waals surface area (Å²) < 4.78 is 0. The minimum atomic E-state index is 0. The fourth-order valence-electron chi connectivity index (χ4n) is 2.73. The summed E-state index contributed by atoms with van der Waals surface area (Å²) in [6.45, 7) is 9.50. The minimum Gasteiger partial charge on any atom is -0.370 e. The highest BCUT2D eigenvalue weighted by atomic mass is 127. The number of hydrogen-bond donors (Lipinski definition) is 2. The lowest BCUT2D eigenvalue weighted by Crippen LogP contribution is -2.33. The molecule has 0 amide bonds. The molecule has 118 valence electrons. The molecule has 0 aromatic heterocycles. The van der Waals surface area contributed by atoms with Crippen molar-refractivity contribution in [2.45, 2.75) is 39.7 Å². The highest BCUT2D eigenvalue weighted by Crippen LogP contribution is 2.17. The van der Waals surface area contributed by atoms with Crippen molar-refractivity contribution >= 4 is 35.6 Å². The van der Waals surface area contributed by atoms with Crippen LogP contribution < -0.4 is 11.1 Å². The maximum absolute atomic E-state index is 5.98. The molecule has 0 saturated carbocycles. The Kier molecular flexibility index (Phi) is 7.45. The first kappa shape index (κ1) is 18.2. The van der Waals surface area contributed by atoms with E-state index in [0.717, 1.165) is 18.8 Å². The average Bonchev–Trinajstić information content (AvgIpc) is 2.88. The van der Waals surface area contributed by atoms with Crippen molar-refractivity contribution in [3.05, 3.63) is 29.3 Å². The number of benzene rings is 1. The molecular formula is C16H27IN4. The van der Waals surface area contributed by atoms with Crippen LogP contribution in [0.1, 0.15) is 30.9 Å². The standard InChI is InChI=1S/C16H26N4.HI/c1-4-20-9-5-6-15(20)11-18-16(17)19-14-8-7-12(2)13(3)10-14;/h7-8,10,15H,4-6,9,11H2,1-3H3,(H3,17,18,19);1H. The smallest absolute Gasteiger partial charge is 0.193 e. The lowest BCUT2D eigenvalue weighted by atomic mass is 10.1. The van der Waals surface area contributed by atoms with Crippen LogP contribution in [-0.2, 0) is 0 Å². The van der Waals surface area contributed by atoms with Crippen LogP contribution in [0.5, 0.6) is 0 Å². The minimum absolute atomic E-state index is 0. The van der Waals surface area contributed by atoms with Crippen LogP contribution in [0.2, 0.25) is 0 Å². The number of guanidine groups is 1. The van der Waals surface area contributed by atoms with Gasteiger partial charge in [0.25, 0.3) is 0 Å². The number of anilines is 1. The summed E-state index contributed by atoms with van der Waals surface area (Å²) in [4.78, 5) is 6.97. The molecule has 1 aliphatic rings. The molecule has 3 N–H and O–H groups in total. The summed E-state index contributed by atoms with van der Waals surface area (Å²) in [7, 11) is 0. The molecule has 1 saturated heterocycles. The lowest BCUT2D eigenvalue weighted by molar-refractivity contribution is 0.273. The molecule has 1 fully saturated rings. The molecule has 0 spiro atoms. The lowest BCUT2D eigenvalue weighted by Gasteiger charge is -2.21. The van der Waals surface area contributed by atoms with Gasteiger partial charge >= 0.3 is 0 Å². The Morgan fingerprint density at radius 1 is 1.38 bits per heavy atom. The summed E-state index contributed by atoms with van der Waals surface area (Å²) in [5, 5.41) is 3.18. The zero-order chi connectivity index (χ0) is 14.5. The molecule has 0 aliphatic carbocycles. The summed E-state index contributed by atoms with van der Waals surface area (Å²) in [5.74, 6) is 0.510. The second-order valence-electron chi connectivity index (χ2n) is 5.57. The summed E-state index contributed by atoms with van der Waals surface area (Å²) in [6, 6.07) is 6.80. The van der Waals surface area contributed by atoms with E-state index in [4.69, 9.17) is 5.73 Å². The first-order valence-electron chi connectivity index (χ1n) is 7.48. The van der Waals surface area contributed by atoms with Gasteiger partial charge in [-0.15, -0.1) is 24.0 Å². The van der Waals surface area contributed by atoms with Crippen molar-refractivity contribution in [1.82, 2.24) is 4.90 Å². The van der Waals surface area contributed by atoms with Gasteiger partial charge in [-0.1, -0.05) is 13.0 Å². The molecule has 1 aromatic carbocycles. The van der Waals surface area contributed by atoms with Gasteiger partial charge in [-0.25, -0.2) is 0 Å². The molecule has 2 rings (SSSR count). The maximum Gasteiger partial charge on any atom is 0.193 e. The molecule has 0 radical (unpaired) electrons. The fraction of sp³-hybridized carbons (Fsp3) is 0.562. The highest BCUT2D eigenvalue weighted by molar-refractivity contribution is 14.0. The van der Waals surface area contributed by atoms with Gasteiger partial charge in [0.15, 0.2) is 5.96 Å². The number of nitrogens with two attached hydrogens (primary N) is 1. The Balaban J connectivity index is 0.00000220. The monoisotopic (exact) mass is 402 g/mol. The molecule has 21 heavy (non-hydrogen) atoms. The van der Waals surface area contributed by atoms with E-state index in [1.807, 2.05) is 6.07 Å². The predicted octanol–water partition coefficient (Wildman–Crippen LogP) is 3.13. The van der Waals surface area contributed by atoms with Crippen molar-refractivity contribution in [3.63, 3.8) is 0 Å². The van der Waals surface area contributed by atoms with Crippen molar-refractivity contribution in [1.29, 1.82) is 0 Å². The number of likely N-dealkylation sites (tertiary alicyclic amines) is 1. The van der Waals surface area contributed by atoms with Crippen LogP contribution in [0.4, 0.5) is 5.69 Å². The quantitative estimate of drug-likeness (QED) is 0.462. The molecular weight excluding hydrogens is 375 g/mol. The Bertz CT molecular complexity index is 487. The normalized spacial score (nSPS) is 19.4. The molecule has 0 bridgehead atoms. The van der Waals surface area contributed by atoms with E-state index in [1.165, 1.54) is 30.5 Å². The van der Waals surface area contributed by atoms with E-state index in [0.29, 0.717) is 12.0 Å². The average molecular weight is 402 g/mol. The van der Waals surface area contributed by atoms with Crippen LogP contribution in [0.15, 0.2) is 23.2 Å². The number of likely N-dealkylation sites (N-methyl/N-ethyl adjacent to an activating group) is 1. The Morgan fingerprint density at radius 2 is 2.14 bits per heavy atom. The third kappa shape index (κ3) is 5.14. The fourth-order valence-corrected chi connectivity index (χ4v) is 2.73. The van der Waals surface area contributed by atoms with Gasteiger partial charge in [-0.2, -0.15) is 0 Å². The van der Waals surface area contributed by atoms with Crippen LogP contribution in [0, 0.1) is 13.8 Å². The van der Waals surface area contributed by atoms with Crippen molar-refractivity contribution in [3.8, 4) is 0 Å². The second-order valence-corrected chi connectivity index (χ2v) is 5.57. The topological polar surface area (TPSA) is 53.6 Å². The number of nitrogens with one attached hydrogen (secondary N) is 1. The van der Waals surface area contributed by atoms with E-state index < -0.39 is 0 Å². The van der Waals surface area contributed by atoms with Crippen LogP contribution >= 0.6 is 24.0 Å². The number of hydrogen-bond acceptors (Lipinski definition) is 2. The van der Waals surface area contributed by atoms with E-state index in [9.17, 15) is 0 Å². The van der Waals surface area contributed by atoms with E-state index in [1.54, 1.807) is 0 Å². The molecule has 1 unspecified atom stereocenters. The van der Waals surface area contributed by atoms with Crippen LogP contribution in [0.25, 0.3) is 0 Å². The highest BCUT2D eigenvalue weighted by Gasteiger charge is 2.22. The first-order valence-corrected chi connectivity index (χ1v) is 7.48. The van der Waals surface area contributed by atoms with E-state index >= 15 is 0 Å². The number of aliphatic imine (C=N–C) groups is 1. The SMILES string of the molecule is CCN1CCCC1CN=C(N)Nc1ccc(C)c(C)c1.I. The van der Waals surface area contributed by atoms with Gasteiger partial charge in [0, 0.05) is 11.7 Å². The largest absolute Gasteiger partial charge is 0.370 e. The number of halogens is 1. The summed E-state index contributed by atoms with van der Waals surface area (Å²) in [6.07, 6.45) is 2.51. The Labute approximate surface area is 145 Å². The third-order valence-corrected chi connectivity index (χ3v) is 4.16. The predicted molar refractivity (Wildman–Crippen MR) is 102 cm³/mol. The summed E-state index contributed by atoms with van der Waals surface area (Å²) >= 11 is 0. The molecule has 4 nitrogen and oxygen atoms in total. The van der Waals surface area contributed by atoms with Gasteiger partial charge in [-0.3, -0.25) is 9.89 Å². The van der Waals surface area contributed by atoms with Gasteiger partial charge in [-0.05, 0) is 63.0 Å². The Hall–Kier alpha value is -0.820. The van der Waals surface area contributed by atoms with Gasteiger partial charge in [0.1, 0.15) is 0 Å². The second kappa shape index (κ2) is 8.58. The number of rotatable bonds is 4. The van der Waals surface area contributed by atoms with Crippen molar-refractivity contribution in [2.75, 3.05) is 25.0 Å². The van der Waals surface area contributed by atoms with E-state index in [-0.39, 0.29) is 24.0 Å². The Morgan fingerprint density at radius 3 is 2.81 bits per heavy atom. The van der Waals surface area contributed by atoms with Crippen molar-refractivity contribution in [2.24, 2.45) is 10.7 Å². The van der Waals surface area contributed by atoms with Crippen LogP contribution in [0.3, 0.4) is 0 Å². The molecule has 1 heterocycles. The van der Waals surface area contributed by atoms with Gasteiger partial charge in [0.05, 0.1) is 6.54 Å². The zero-order valence-corrected chi connectivity index (χ0v) is 15.6. The maximum atomic E-state index is 5.98. The molecule has 1 atom stereocenters. The van der Waals surface area contributed by atoms with E-state index in [2.05, 4.69) is 48.1 Å². The number of nitrogens with zero attached hydrogens (tertiary/aromatic N) is 2. The summed E-state index contributed by atoms with van der Waals surface area (Å²) in [5.41, 5.74) is 9.53. The van der Waals surface area contributed by atoms with Crippen LogP contribution in [-0.4, -0.2) is 36.5 Å². The molecule has 1 aliphatic heterocycles. The number of aryl methyl sites for hydroxylation is 2. The zero-order valence-electron chi connectivity index (χ0n) is 13.2. The van der Waals surface area contributed by atoms with Crippen molar-refractivity contribution < 1.29 is 0 Å². The first-order chi connectivity index (χ1) is 9.60. The van der Waals surface area contributed by atoms with Gasteiger partial charge in [0.2, 0.25) is 0 Å². The molecule has 1 aromatic rings. The molecule has 5 heteroatoms. The van der Waals surface area contributed by atoms with Gasteiger partial charge < -0.3 is 11.1 Å². The third-order valence-electron chi connectivity index (χ3n) is 4.16.